The second kappa shape index (κ2) is 7.84. The van der Waals surface area contributed by atoms with Gasteiger partial charge in [-0.1, -0.05) is 17.3 Å². The topological polar surface area (TPSA) is 118 Å². The lowest BCUT2D eigenvalue weighted by molar-refractivity contribution is -0.159. The molecule has 12 heteroatoms. The number of morpholine rings is 1. The van der Waals surface area contributed by atoms with Crippen molar-refractivity contribution in [1.29, 1.82) is 0 Å². The molecule has 1 aromatic carbocycles. The van der Waals surface area contributed by atoms with Crippen LogP contribution in [-0.2, 0) is 10.9 Å². The van der Waals surface area contributed by atoms with Crippen molar-refractivity contribution in [1.82, 2.24) is 20.4 Å². The van der Waals surface area contributed by atoms with Crippen molar-refractivity contribution in [3.8, 4) is 11.4 Å². The molecule has 28 heavy (non-hydrogen) atoms. The summed E-state index contributed by atoms with van der Waals surface area (Å²) in [6.45, 7) is 0.747. The Morgan fingerprint density at radius 1 is 1.29 bits per heavy atom. The van der Waals surface area contributed by atoms with Gasteiger partial charge in [0.05, 0.1) is 19.3 Å². The van der Waals surface area contributed by atoms with Gasteiger partial charge in [-0.15, -0.1) is 0 Å². The van der Waals surface area contributed by atoms with Gasteiger partial charge in [-0.05, 0) is 12.1 Å². The number of aromatic nitrogens is 2. The van der Waals surface area contributed by atoms with Crippen molar-refractivity contribution in [2.75, 3.05) is 26.3 Å². The zero-order chi connectivity index (χ0) is 20.3. The summed E-state index contributed by atoms with van der Waals surface area (Å²) in [6.07, 6.45) is -5.83. The maximum Gasteiger partial charge on any atom is 0.471 e. The number of rotatable bonds is 4. The van der Waals surface area contributed by atoms with Crippen LogP contribution in [0.4, 0.5) is 18.0 Å². The molecule has 1 aliphatic rings. The van der Waals surface area contributed by atoms with Crippen LogP contribution in [0, 0.1) is 0 Å². The Morgan fingerprint density at radius 2 is 2.00 bits per heavy atom. The molecule has 2 N–H and O–H groups in total. The molecule has 3 rings (SSSR count). The lowest BCUT2D eigenvalue weighted by Crippen LogP contribution is -2.53. The summed E-state index contributed by atoms with van der Waals surface area (Å²) < 4.78 is 46.9. The predicted octanol–water partition coefficient (Wildman–Crippen LogP) is 1.86. The summed E-state index contributed by atoms with van der Waals surface area (Å²) in [5.41, 5.74) is 0.482. The minimum absolute atomic E-state index is 0.0622. The van der Waals surface area contributed by atoms with Crippen LogP contribution in [0.2, 0.25) is 0 Å². The van der Waals surface area contributed by atoms with Gasteiger partial charge in [0.25, 0.3) is 5.91 Å². The third-order valence-corrected chi connectivity index (χ3v) is 4.05. The first-order chi connectivity index (χ1) is 13.3. The normalized spacial score (nSPS) is 17.4. The maximum atomic E-state index is 12.5. The number of carboxylic acid groups (broad SMARTS) is 1. The molecule has 1 fully saturated rings. The number of carbonyl (C=O) groups excluding carboxylic acids is 1. The molecule has 0 saturated carbocycles. The molecular weight excluding hydrogens is 385 g/mol. The number of ether oxygens (including phenoxy) is 1. The minimum Gasteiger partial charge on any atom is -0.465 e. The van der Waals surface area contributed by atoms with E-state index in [2.05, 4.69) is 20.0 Å². The van der Waals surface area contributed by atoms with Crippen molar-refractivity contribution >= 4 is 12.0 Å². The quantitative estimate of drug-likeness (QED) is 0.804. The molecule has 0 spiro atoms. The van der Waals surface area contributed by atoms with Gasteiger partial charge in [-0.25, -0.2) is 4.79 Å². The summed E-state index contributed by atoms with van der Waals surface area (Å²) in [5.74, 6) is -2.18. The van der Waals surface area contributed by atoms with E-state index in [9.17, 15) is 22.8 Å². The van der Waals surface area contributed by atoms with Gasteiger partial charge in [0.2, 0.25) is 5.82 Å². The van der Waals surface area contributed by atoms with Crippen molar-refractivity contribution < 1.29 is 37.1 Å². The highest BCUT2D eigenvalue weighted by Crippen LogP contribution is 2.29. The van der Waals surface area contributed by atoms with E-state index in [1.165, 1.54) is 29.2 Å². The molecule has 2 heterocycles. The summed E-state index contributed by atoms with van der Waals surface area (Å²) >= 11 is 0. The number of nitrogens with one attached hydrogen (secondary N) is 1. The third kappa shape index (κ3) is 4.39. The van der Waals surface area contributed by atoms with E-state index in [0.717, 1.165) is 0 Å². The molecule has 150 valence electrons. The van der Waals surface area contributed by atoms with Crippen LogP contribution in [0.5, 0.6) is 0 Å². The highest BCUT2D eigenvalue weighted by molar-refractivity contribution is 5.94. The number of hydrogen-bond donors (Lipinski definition) is 2. The summed E-state index contributed by atoms with van der Waals surface area (Å²) in [5, 5.41) is 15.0. The fourth-order valence-corrected chi connectivity index (χ4v) is 2.61. The second-order valence-corrected chi connectivity index (χ2v) is 5.91. The highest BCUT2D eigenvalue weighted by atomic mass is 19.4. The standard InChI is InChI=1S/C16H15F3N4O5/c17-16(18,19)14-21-12(22-28-14)9-1-3-10(4-2-9)13(24)20-7-11-8-27-6-5-23(11)15(25)26/h1-4,11H,5-8H2,(H,20,24)(H,25,26)/t11-/m0/s1. The van der Waals surface area contributed by atoms with Gasteiger partial charge in [-0.3, -0.25) is 9.69 Å². The first-order valence-corrected chi connectivity index (χ1v) is 8.12. The van der Waals surface area contributed by atoms with Crippen molar-refractivity contribution in [3.63, 3.8) is 0 Å². The summed E-state index contributed by atoms with van der Waals surface area (Å²) in [6, 6.07) is 5.04. The Balaban J connectivity index is 1.62. The molecule has 0 aliphatic carbocycles. The SMILES string of the molecule is O=C(NC[C@H]1COCCN1C(=O)O)c1ccc(-c2noc(C(F)(F)F)n2)cc1. The number of halogens is 3. The van der Waals surface area contributed by atoms with Gasteiger partial charge in [-0.2, -0.15) is 18.2 Å². The Hall–Kier alpha value is -3.15. The van der Waals surface area contributed by atoms with Gasteiger partial charge in [0.1, 0.15) is 0 Å². The van der Waals surface area contributed by atoms with Crippen LogP contribution in [0.1, 0.15) is 16.2 Å². The Labute approximate surface area is 156 Å². The van der Waals surface area contributed by atoms with Crippen molar-refractivity contribution in [2.24, 2.45) is 0 Å². The number of benzene rings is 1. The minimum atomic E-state index is -4.74. The average molecular weight is 400 g/mol. The van der Waals surface area contributed by atoms with E-state index < -0.39 is 30.1 Å². The Kier molecular flexibility index (Phi) is 5.49. The Bertz CT molecular complexity index is 853. The zero-order valence-electron chi connectivity index (χ0n) is 14.3. The molecule has 0 bridgehead atoms. The van der Waals surface area contributed by atoms with Gasteiger partial charge < -0.3 is 19.7 Å². The largest absolute Gasteiger partial charge is 0.471 e. The molecule has 9 nitrogen and oxygen atoms in total. The van der Waals surface area contributed by atoms with Crippen molar-refractivity contribution in [2.45, 2.75) is 12.2 Å². The molecule has 1 aliphatic heterocycles. The van der Waals surface area contributed by atoms with Crippen LogP contribution in [0.25, 0.3) is 11.4 Å². The van der Waals surface area contributed by atoms with Gasteiger partial charge in [0.15, 0.2) is 0 Å². The zero-order valence-corrected chi connectivity index (χ0v) is 14.3. The maximum absolute atomic E-state index is 12.5. The summed E-state index contributed by atoms with van der Waals surface area (Å²) in [4.78, 5) is 27.9. The van der Waals surface area contributed by atoms with Crippen LogP contribution in [0.3, 0.4) is 0 Å². The average Bonchev–Trinajstić information content (AvgIpc) is 3.17. The van der Waals surface area contributed by atoms with E-state index in [-0.39, 0.29) is 36.6 Å². The number of amides is 2. The number of alkyl halides is 3. The first kappa shape index (κ1) is 19.6. The van der Waals surface area contributed by atoms with E-state index in [4.69, 9.17) is 9.84 Å². The molecular formula is C16H15F3N4O5. The smallest absolute Gasteiger partial charge is 0.465 e. The van der Waals surface area contributed by atoms with E-state index in [0.29, 0.717) is 6.61 Å². The van der Waals surface area contributed by atoms with Gasteiger partial charge >= 0.3 is 18.2 Å². The monoisotopic (exact) mass is 400 g/mol. The number of hydrogen-bond acceptors (Lipinski definition) is 6. The number of carbonyl (C=O) groups is 2. The molecule has 2 aromatic rings. The summed E-state index contributed by atoms with van der Waals surface area (Å²) in [7, 11) is 0. The van der Waals surface area contributed by atoms with E-state index in [1.54, 1.807) is 0 Å². The van der Waals surface area contributed by atoms with Crippen molar-refractivity contribution in [3.05, 3.63) is 35.7 Å². The lowest BCUT2D eigenvalue weighted by atomic mass is 10.1. The van der Waals surface area contributed by atoms with E-state index >= 15 is 0 Å². The number of nitrogens with zero attached hydrogens (tertiary/aromatic N) is 3. The highest BCUT2D eigenvalue weighted by Gasteiger charge is 2.38. The first-order valence-electron chi connectivity index (χ1n) is 8.12. The molecule has 1 saturated heterocycles. The van der Waals surface area contributed by atoms with E-state index in [1.807, 2.05) is 0 Å². The third-order valence-electron chi connectivity index (χ3n) is 4.05. The fraction of sp³-hybridized carbons (Fsp3) is 0.375. The molecule has 2 amide bonds. The predicted molar refractivity (Wildman–Crippen MR) is 86.4 cm³/mol. The van der Waals surface area contributed by atoms with Crippen LogP contribution < -0.4 is 5.32 Å². The molecule has 0 unspecified atom stereocenters. The Morgan fingerprint density at radius 3 is 2.61 bits per heavy atom. The molecule has 0 radical (unpaired) electrons. The van der Waals surface area contributed by atoms with Crippen LogP contribution >= 0.6 is 0 Å². The molecule has 1 atom stereocenters. The van der Waals surface area contributed by atoms with Gasteiger partial charge in [0, 0.05) is 24.2 Å². The lowest BCUT2D eigenvalue weighted by Gasteiger charge is -2.33. The fourth-order valence-electron chi connectivity index (χ4n) is 2.61. The second-order valence-electron chi connectivity index (χ2n) is 5.91. The van der Waals surface area contributed by atoms with Crippen LogP contribution in [-0.4, -0.2) is 64.5 Å². The molecule has 1 aromatic heterocycles. The van der Waals surface area contributed by atoms with Crippen LogP contribution in [0.15, 0.2) is 28.8 Å².